The van der Waals surface area contributed by atoms with Crippen molar-refractivity contribution in [2.45, 2.75) is 55.1 Å². The van der Waals surface area contributed by atoms with Crippen LogP contribution in [0.3, 0.4) is 0 Å². The Hall–Kier alpha value is -1.69. The topological polar surface area (TPSA) is 58.6 Å². The van der Waals surface area contributed by atoms with Gasteiger partial charge in [-0.05, 0) is 78.4 Å². The first-order valence-electron chi connectivity index (χ1n) is 9.24. The third-order valence-corrected chi connectivity index (χ3v) is 6.11. The number of aryl methyl sites for hydroxylation is 1. The van der Waals surface area contributed by atoms with Gasteiger partial charge >= 0.3 is 0 Å². The second-order valence-corrected chi connectivity index (χ2v) is 8.10. The van der Waals surface area contributed by atoms with Crippen molar-refractivity contribution < 1.29 is 18.2 Å². The molecule has 0 aromatic heterocycles. The summed E-state index contributed by atoms with van der Waals surface area (Å²) in [6.07, 6.45) is 5.56. The number of benzene rings is 2. The van der Waals surface area contributed by atoms with Crippen molar-refractivity contribution in [2.24, 2.45) is 0 Å². The smallest absolute Gasteiger partial charge is 0.123 e. The van der Waals surface area contributed by atoms with Crippen LogP contribution in [0.15, 0.2) is 53.4 Å². The second-order valence-electron chi connectivity index (χ2n) is 7.16. The van der Waals surface area contributed by atoms with Crippen molar-refractivity contribution in [3.05, 3.63) is 59.7 Å². The van der Waals surface area contributed by atoms with Crippen molar-refractivity contribution in [2.75, 3.05) is 6.61 Å². The molecular weight excluding hydrogens is 348 g/mol. The lowest BCUT2D eigenvalue weighted by molar-refractivity contribution is -0.00365. The molecule has 0 radical (unpaired) electrons. The summed E-state index contributed by atoms with van der Waals surface area (Å²) >= 11 is -2.16. The molecule has 2 aliphatic rings. The number of hydrogen-bond donors (Lipinski definition) is 0. The number of fused-ring (bicyclic) bond motifs is 1. The largest absolute Gasteiger partial charge is 0.768 e. The zero-order chi connectivity index (χ0) is 17.9. The quantitative estimate of drug-likeness (QED) is 0.746. The summed E-state index contributed by atoms with van der Waals surface area (Å²) in [5, 5.41) is 0. The molecule has 5 heteroatoms. The monoisotopic (exact) mass is 371 g/mol. The lowest BCUT2D eigenvalue weighted by Gasteiger charge is -2.27. The Bertz CT molecular complexity index is 774. The van der Waals surface area contributed by atoms with Crippen LogP contribution in [0.2, 0.25) is 0 Å². The lowest BCUT2D eigenvalue weighted by Crippen LogP contribution is -2.29. The van der Waals surface area contributed by atoms with E-state index in [9.17, 15) is 8.76 Å². The highest BCUT2D eigenvalue weighted by Crippen LogP contribution is 2.36. The van der Waals surface area contributed by atoms with Gasteiger partial charge in [-0.3, -0.25) is 4.21 Å². The van der Waals surface area contributed by atoms with Crippen molar-refractivity contribution in [3.8, 4) is 5.75 Å². The van der Waals surface area contributed by atoms with Gasteiger partial charge in [0.05, 0.1) is 12.7 Å². The molecule has 2 aromatic rings. The molecule has 0 saturated heterocycles. The zero-order valence-corrected chi connectivity index (χ0v) is 15.5. The fourth-order valence-corrected chi connectivity index (χ4v) is 4.34. The third-order valence-electron chi connectivity index (χ3n) is 5.45. The minimum Gasteiger partial charge on any atom is -0.768 e. The van der Waals surface area contributed by atoms with Gasteiger partial charge in [-0.1, -0.05) is 30.3 Å². The molecule has 1 saturated carbocycles. The van der Waals surface area contributed by atoms with Gasteiger partial charge in [-0.2, -0.15) is 0 Å². The van der Waals surface area contributed by atoms with Crippen LogP contribution in [0.5, 0.6) is 5.75 Å². The molecule has 4 nitrogen and oxygen atoms in total. The van der Waals surface area contributed by atoms with Crippen molar-refractivity contribution in [1.29, 1.82) is 0 Å². The van der Waals surface area contributed by atoms with Crippen LogP contribution in [0.4, 0.5) is 0 Å². The Morgan fingerprint density at radius 1 is 1.08 bits per heavy atom. The maximum absolute atomic E-state index is 11.0. The highest BCUT2D eigenvalue weighted by molar-refractivity contribution is 7.79. The molecule has 4 atom stereocenters. The summed E-state index contributed by atoms with van der Waals surface area (Å²) in [6.45, 7) is 0.639. The van der Waals surface area contributed by atoms with Gasteiger partial charge in [0, 0.05) is 4.90 Å². The summed E-state index contributed by atoms with van der Waals surface area (Å²) in [7, 11) is 0. The van der Waals surface area contributed by atoms with E-state index in [1.165, 1.54) is 11.1 Å². The fourth-order valence-electron chi connectivity index (χ4n) is 3.99. The summed E-state index contributed by atoms with van der Waals surface area (Å²) < 4.78 is 34.1. The van der Waals surface area contributed by atoms with E-state index < -0.39 is 11.1 Å². The first-order valence-corrected chi connectivity index (χ1v) is 10.3. The van der Waals surface area contributed by atoms with Gasteiger partial charge in [0.2, 0.25) is 0 Å². The molecule has 1 aliphatic heterocycles. The second kappa shape index (κ2) is 7.91. The highest BCUT2D eigenvalue weighted by Gasteiger charge is 2.28. The molecule has 0 spiro atoms. The van der Waals surface area contributed by atoms with Gasteiger partial charge in [-0.25, -0.2) is 0 Å². The molecule has 1 fully saturated rings. The minimum atomic E-state index is -2.16. The van der Waals surface area contributed by atoms with Gasteiger partial charge in [0.25, 0.3) is 0 Å². The van der Waals surface area contributed by atoms with Crippen LogP contribution in [-0.2, 0) is 22.2 Å². The number of rotatable bonds is 5. The third kappa shape index (κ3) is 4.00. The predicted molar refractivity (Wildman–Crippen MR) is 99.1 cm³/mol. The van der Waals surface area contributed by atoms with Crippen molar-refractivity contribution in [3.63, 3.8) is 0 Å². The van der Waals surface area contributed by atoms with Gasteiger partial charge in [0.15, 0.2) is 0 Å². The molecular formula is C21H23O4S-. The summed E-state index contributed by atoms with van der Waals surface area (Å²) in [6, 6.07) is 15.4. The average Bonchev–Trinajstić information content (AvgIpc) is 3.15. The normalized spacial score (nSPS) is 26.1. The van der Waals surface area contributed by atoms with Crippen LogP contribution in [-0.4, -0.2) is 27.6 Å². The molecule has 1 heterocycles. The molecule has 4 rings (SSSR count). The molecule has 2 aromatic carbocycles. The van der Waals surface area contributed by atoms with E-state index in [0.717, 1.165) is 37.9 Å². The van der Waals surface area contributed by atoms with Crippen LogP contribution >= 0.6 is 0 Å². The predicted octanol–water partition coefficient (Wildman–Crippen LogP) is 3.97. The SMILES string of the molecule is O=S([O-])c1ccc(C2CCC(OCC3CCc4ccccc4O3)C2)cc1. The van der Waals surface area contributed by atoms with E-state index in [-0.39, 0.29) is 12.2 Å². The van der Waals surface area contributed by atoms with Crippen molar-refractivity contribution in [1.82, 2.24) is 0 Å². The molecule has 0 amide bonds. The Morgan fingerprint density at radius 2 is 1.88 bits per heavy atom. The zero-order valence-electron chi connectivity index (χ0n) is 14.6. The first kappa shape index (κ1) is 17.7. The van der Waals surface area contributed by atoms with E-state index >= 15 is 0 Å². The fraction of sp³-hybridized carbons (Fsp3) is 0.429. The molecule has 26 heavy (non-hydrogen) atoms. The maximum Gasteiger partial charge on any atom is 0.123 e. The van der Waals surface area contributed by atoms with Gasteiger partial charge < -0.3 is 14.0 Å². The molecule has 1 aliphatic carbocycles. The van der Waals surface area contributed by atoms with E-state index in [0.29, 0.717) is 17.4 Å². The minimum absolute atomic E-state index is 0.135. The summed E-state index contributed by atoms with van der Waals surface area (Å²) in [5.41, 5.74) is 2.49. The Labute approximate surface area is 156 Å². The maximum atomic E-state index is 11.0. The number of para-hydroxylation sites is 1. The Morgan fingerprint density at radius 3 is 2.69 bits per heavy atom. The first-order chi connectivity index (χ1) is 12.7. The standard InChI is InChI=1S/C21H24O4S/c22-26(23)20-11-7-15(8-12-20)17-6-9-18(13-17)24-14-19-10-5-16-3-1-2-4-21(16)25-19/h1-4,7-8,11-12,17-19H,5-6,9-10,13-14H2,(H,22,23)/p-1. The molecule has 4 unspecified atom stereocenters. The van der Waals surface area contributed by atoms with Gasteiger partial charge in [0.1, 0.15) is 11.9 Å². The highest BCUT2D eigenvalue weighted by atomic mass is 32.2. The van der Waals surface area contributed by atoms with E-state index in [2.05, 4.69) is 12.1 Å². The molecule has 0 N–H and O–H groups in total. The molecule has 0 bridgehead atoms. The molecule has 138 valence electrons. The van der Waals surface area contributed by atoms with E-state index in [4.69, 9.17) is 9.47 Å². The number of ether oxygens (including phenoxy) is 2. The number of hydrogen-bond acceptors (Lipinski definition) is 4. The van der Waals surface area contributed by atoms with Crippen LogP contribution in [0.25, 0.3) is 0 Å². The van der Waals surface area contributed by atoms with Crippen LogP contribution in [0, 0.1) is 0 Å². The summed E-state index contributed by atoms with van der Waals surface area (Å²) in [4.78, 5) is 0.342. The summed E-state index contributed by atoms with van der Waals surface area (Å²) in [5.74, 6) is 1.44. The Balaban J connectivity index is 1.28. The van der Waals surface area contributed by atoms with Crippen molar-refractivity contribution >= 4 is 11.1 Å². The average molecular weight is 371 g/mol. The Kier molecular flexibility index (Phi) is 5.38. The van der Waals surface area contributed by atoms with Crippen LogP contribution < -0.4 is 4.74 Å². The van der Waals surface area contributed by atoms with E-state index in [1.807, 2.05) is 24.3 Å². The van der Waals surface area contributed by atoms with E-state index in [1.54, 1.807) is 12.1 Å². The van der Waals surface area contributed by atoms with Crippen LogP contribution in [0.1, 0.15) is 42.7 Å². The van der Waals surface area contributed by atoms with Gasteiger partial charge in [-0.15, -0.1) is 0 Å². The lowest BCUT2D eigenvalue weighted by atomic mass is 9.98.